The summed E-state index contributed by atoms with van der Waals surface area (Å²) in [4.78, 5) is 12.5. The third kappa shape index (κ3) is 6.08. The van der Waals surface area contributed by atoms with Crippen molar-refractivity contribution < 1.29 is 34.0 Å². The Morgan fingerprint density at radius 1 is 0.935 bits per heavy atom. The number of nitriles is 1. The van der Waals surface area contributed by atoms with Crippen LogP contribution in [0.1, 0.15) is 40.8 Å². The number of carbonyl (C=O) groups excluding carboxylic acids is 1. The Kier molecular flexibility index (Phi) is 9.32. The van der Waals surface area contributed by atoms with Crippen molar-refractivity contribution in [2.45, 2.75) is 57.3 Å². The molecule has 0 bridgehead atoms. The summed E-state index contributed by atoms with van der Waals surface area (Å²) >= 11 is 0. The lowest BCUT2D eigenvalue weighted by Crippen LogP contribution is -2.66. The van der Waals surface area contributed by atoms with Crippen LogP contribution in [0.25, 0.3) is 11.1 Å². The lowest BCUT2D eigenvalue weighted by molar-refractivity contribution is -0.415. The maximum absolute atomic E-state index is 12.5. The zero-order valence-electron chi connectivity index (χ0n) is 25.8. The van der Waals surface area contributed by atoms with E-state index in [1.54, 1.807) is 6.07 Å². The van der Waals surface area contributed by atoms with Crippen molar-refractivity contribution in [1.29, 1.82) is 5.26 Å². The molecule has 46 heavy (non-hydrogen) atoms. The van der Waals surface area contributed by atoms with E-state index >= 15 is 0 Å². The Morgan fingerprint density at radius 2 is 1.61 bits per heavy atom. The second kappa shape index (κ2) is 13.6. The van der Waals surface area contributed by atoms with Crippen LogP contribution < -0.4 is 0 Å². The van der Waals surface area contributed by atoms with Gasteiger partial charge in [-0.25, -0.2) is 0 Å². The van der Waals surface area contributed by atoms with Crippen molar-refractivity contribution in [2.24, 2.45) is 11.8 Å². The van der Waals surface area contributed by atoms with Crippen LogP contribution >= 0.6 is 0 Å². The third-order valence-electron chi connectivity index (χ3n) is 9.04. The highest BCUT2D eigenvalue weighted by Crippen LogP contribution is 2.59. The normalized spacial score (nSPS) is 25.6. The number of aryl methyl sites for hydroxylation is 1. The number of fused-ring (bicyclic) bond motifs is 1. The topological polar surface area (TPSA) is 118 Å². The molecular formula is C38H37NO7. The van der Waals surface area contributed by atoms with E-state index in [9.17, 15) is 20.3 Å². The van der Waals surface area contributed by atoms with Crippen LogP contribution in [0.3, 0.4) is 0 Å². The maximum Gasteiger partial charge on any atom is 0.303 e. The van der Waals surface area contributed by atoms with Crippen LogP contribution in [0.5, 0.6) is 0 Å². The number of rotatable bonds is 11. The molecule has 1 heterocycles. The Labute approximate surface area is 268 Å². The molecule has 1 aliphatic heterocycles. The van der Waals surface area contributed by atoms with Gasteiger partial charge in [0.25, 0.3) is 0 Å². The zero-order valence-corrected chi connectivity index (χ0v) is 25.8. The molecule has 2 aliphatic rings. The van der Waals surface area contributed by atoms with Crippen molar-refractivity contribution in [1.82, 2.24) is 0 Å². The summed E-state index contributed by atoms with van der Waals surface area (Å²) in [5.74, 6) is -3.25. The Bertz CT molecular complexity index is 1710. The van der Waals surface area contributed by atoms with E-state index in [4.69, 9.17) is 18.9 Å². The molecule has 0 spiro atoms. The van der Waals surface area contributed by atoms with Gasteiger partial charge in [-0.1, -0.05) is 91.0 Å². The number of hydrogen-bond donors (Lipinski definition) is 2. The number of nitrogens with zero attached hydrogens (tertiary/aromatic N) is 1. The number of hydrogen-bond acceptors (Lipinski definition) is 8. The highest BCUT2D eigenvalue weighted by atomic mass is 16.7. The first-order valence-electron chi connectivity index (χ1n) is 15.4. The van der Waals surface area contributed by atoms with E-state index in [1.165, 1.54) is 6.92 Å². The molecule has 4 aromatic carbocycles. The van der Waals surface area contributed by atoms with E-state index in [2.05, 4.69) is 6.07 Å². The van der Waals surface area contributed by atoms with Gasteiger partial charge in [0.15, 0.2) is 11.9 Å². The monoisotopic (exact) mass is 619 g/mol. The zero-order chi connectivity index (χ0) is 32.3. The van der Waals surface area contributed by atoms with Gasteiger partial charge >= 0.3 is 5.97 Å². The van der Waals surface area contributed by atoms with E-state index in [1.807, 2.05) is 104 Å². The quantitative estimate of drug-likeness (QED) is 0.207. The van der Waals surface area contributed by atoms with Crippen LogP contribution in [0, 0.1) is 30.1 Å². The van der Waals surface area contributed by atoms with Crippen molar-refractivity contribution in [2.75, 3.05) is 6.61 Å². The molecule has 2 fully saturated rings. The summed E-state index contributed by atoms with van der Waals surface area (Å²) < 4.78 is 25.3. The standard InChI is InChI=1S/C38H37NO7/c1-24-18-30(29-15-9-14-28(19-29)20-39)16-17-31(24)35(45-25(2)41)37-33-34(42)36(43-22-26-10-5-3-6-11-26)32(21-40)38(33,46-37)44-23-27-12-7-4-8-13-27/h3-19,32-37,40,42H,21-23H2,1-2H3/t32?,33?,34?,35-,36-,37+,38+/m1/s1. The number of ether oxygens (including phenoxy) is 4. The number of aliphatic hydroxyl groups is 2. The minimum absolute atomic E-state index is 0.187. The molecule has 236 valence electrons. The molecule has 0 aromatic heterocycles. The van der Waals surface area contributed by atoms with Crippen LogP contribution in [-0.2, 0) is 37.0 Å². The number of esters is 1. The average Bonchev–Trinajstić information content (AvgIpc) is 3.24. The lowest BCUT2D eigenvalue weighted by Gasteiger charge is -2.55. The second-order valence-electron chi connectivity index (χ2n) is 11.9. The summed E-state index contributed by atoms with van der Waals surface area (Å²) in [5.41, 5.74) is 5.76. The van der Waals surface area contributed by atoms with E-state index in [0.29, 0.717) is 5.56 Å². The van der Waals surface area contributed by atoms with Crippen molar-refractivity contribution in [3.63, 3.8) is 0 Å². The smallest absolute Gasteiger partial charge is 0.303 e. The second-order valence-corrected chi connectivity index (χ2v) is 11.9. The predicted octanol–water partition coefficient (Wildman–Crippen LogP) is 5.63. The van der Waals surface area contributed by atoms with Gasteiger partial charge in [0, 0.05) is 6.92 Å². The van der Waals surface area contributed by atoms with Crippen LogP contribution in [0.4, 0.5) is 0 Å². The predicted molar refractivity (Wildman–Crippen MR) is 170 cm³/mol. The SMILES string of the molecule is CC(=O)O[C@H](c1ccc(-c2cccc(C#N)c2)cc1C)[C@H]1O[C@@]2(OCc3ccccc3)C(CO)[C@@H](OCc3ccccc3)C(O)C12. The number of carbonyl (C=O) groups is 1. The number of aliphatic hydroxyl groups excluding tert-OH is 2. The number of benzene rings is 4. The van der Waals surface area contributed by atoms with Gasteiger partial charge in [-0.3, -0.25) is 4.79 Å². The summed E-state index contributed by atoms with van der Waals surface area (Å²) in [6, 6.07) is 34.5. The lowest BCUT2D eigenvalue weighted by atomic mass is 9.78. The minimum Gasteiger partial charge on any atom is -0.455 e. The minimum atomic E-state index is -1.37. The fourth-order valence-electron chi connectivity index (χ4n) is 6.86. The highest BCUT2D eigenvalue weighted by molar-refractivity contribution is 5.68. The third-order valence-corrected chi connectivity index (χ3v) is 9.04. The summed E-state index contributed by atoms with van der Waals surface area (Å²) in [6.45, 7) is 3.34. The summed E-state index contributed by atoms with van der Waals surface area (Å²) in [6.07, 6.45) is -3.52. The van der Waals surface area contributed by atoms with Gasteiger partial charge in [0.05, 0.1) is 55.5 Å². The molecule has 3 unspecified atom stereocenters. The molecular weight excluding hydrogens is 582 g/mol. The van der Waals surface area contributed by atoms with Gasteiger partial charge in [-0.05, 0) is 52.4 Å². The van der Waals surface area contributed by atoms with Crippen molar-refractivity contribution >= 4 is 5.97 Å². The van der Waals surface area contributed by atoms with Crippen LogP contribution in [0.15, 0.2) is 103 Å². The maximum atomic E-state index is 12.5. The average molecular weight is 620 g/mol. The van der Waals surface area contributed by atoms with Crippen molar-refractivity contribution in [3.8, 4) is 17.2 Å². The molecule has 1 aliphatic carbocycles. The molecule has 0 amide bonds. The molecule has 7 atom stereocenters. The van der Waals surface area contributed by atoms with Crippen LogP contribution in [0.2, 0.25) is 0 Å². The first-order chi connectivity index (χ1) is 22.3. The largest absolute Gasteiger partial charge is 0.455 e. The first kappa shape index (κ1) is 31.6. The Morgan fingerprint density at radius 3 is 2.24 bits per heavy atom. The van der Waals surface area contributed by atoms with Gasteiger partial charge in [-0.2, -0.15) is 5.26 Å². The van der Waals surface area contributed by atoms with Crippen LogP contribution in [-0.4, -0.2) is 46.9 Å². The van der Waals surface area contributed by atoms with Gasteiger partial charge < -0.3 is 29.2 Å². The van der Waals surface area contributed by atoms with Gasteiger partial charge in [0.2, 0.25) is 0 Å². The Balaban J connectivity index is 1.33. The molecule has 8 nitrogen and oxygen atoms in total. The molecule has 0 radical (unpaired) electrons. The van der Waals surface area contributed by atoms with Gasteiger partial charge in [0.1, 0.15) is 6.10 Å². The molecule has 6 rings (SSSR count). The van der Waals surface area contributed by atoms with Crippen molar-refractivity contribution in [3.05, 3.63) is 131 Å². The molecule has 8 heteroatoms. The highest BCUT2D eigenvalue weighted by Gasteiger charge is 2.74. The fourth-order valence-corrected chi connectivity index (χ4v) is 6.86. The van der Waals surface area contributed by atoms with E-state index in [0.717, 1.165) is 33.4 Å². The molecule has 1 saturated heterocycles. The molecule has 1 saturated carbocycles. The fraction of sp³-hybridized carbons (Fsp3) is 0.316. The van der Waals surface area contributed by atoms with E-state index < -0.39 is 48.0 Å². The van der Waals surface area contributed by atoms with E-state index in [-0.39, 0.29) is 19.8 Å². The summed E-state index contributed by atoms with van der Waals surface area (Å²) in [5, 5.41) is 31.9. The van der Waals surface area contributed by atoms with Gasteiger partial charge in [-0.15, -0.1) is 0 Å². The molecule has 2 N–H and O–H groups in total. The Hall–Kier alpha value is -4.36. The molecule has 4 aromatic rings. The first-order valence-corrected chi connectivity index (χ1v) is 15.4. The summed E-state index contributed by atoms with van der Waals surface area (Å²) in [7, 11) is 0.